The topological polar surface area (TPSA) is 62.3 Å². The number of thiazole rings is 1. The zero-order valence-corrected chi connectivity index (χ0v) is 22.9. The first-order valence-corrected chi connectivity index (χ1v) is 14.0. The smallest absolute Gasteiger partial charge is 0.266 e. The summed E-state index contributed by atoms with van der Waals surface area (Å²) in [7, 11) is 0. The predicted molar refractivity (Wildman–Crippen MR) is 154 cm³/mol. The van der Waals surface area contributed by atoms with Gasteiger partial charge in [0, 0.05) is 30.5 Å². The number of hydrogen-bond donors (Lipinski definition) is 1. The minimum absolute atomic E-state index is 0.0295. The molecule has 1 fully saturated rings. The van der Waals surface area contributed by atoms with Crippen molar-refractivity contribution in [3.05, 3.63) is 86.8 Å². The van der Waals surface area contributed by atoms with E-state index in [1.54, 1.807) is 4.90 Å². The molecule has 0 unspecified atom stereocenters. The molecule has 1 aromatic heterocycles. The highest BCUT2D eigenvalue weighted by Gasteiger charge is 2.31. The van der Waals surface area contributed by atoms with Crippen molar-refractivity contribution in [3.8, 4) is 0 Å². The number of aromatic nitrogens is 1. The molecule has 186 valence electrons. The van der Waals surface area contributed by atoms with Gasteiger partial charge in [0.05, 0.1) is 4.91 Å². The molecule has 1 aliphatic rings. The standard InChI is InChI=1S/C28H29N3O2S3/c1-19-10-12-21(13-11-19)17-24-26(33)31(28(34)36-24)14-5-3-4-9-25(32)30-27-29-18-23(35-27)16-22-8-6-7-20(2)15-22/h6-8,10-13,15,17-18H,3-5,9,14,16H2,1-2H3,(H,29,30,32). The van der Waals surface area contributed by atoms with E-state index in [-0.39, 0.29) is 11.8 Å². The second-order valence-electron chi connectivity index (χ2n) is 8.90. The molecule has 1 N–H and O–H groups in total. The highest BCUT2D eigenvalue weighted by molar-refractivity contribution is 8.26. The molecule has 2 aromatic carbocycles. The summed E-state index contributed by atoms with van der Waals surface area (Å²) < 4.78 is 0.598. The van der Waals surface area contributed by atoms with Crippen LogP contribution >= 0.6 is 35.3 Å². The largest absolute Gasteiger partial charge is 0.302 e. The van der Waals surface area contributed by atoms with Crippen LogP contribution in [0.25, 0.3) is 6.08 Å². The molecule has 0 radical (unpaired) electrons. The van der Waals surface area contributed by atoms with Crippen molar-refractivity contribution in [2.45, 2.75) is 46.0 Å². The number of aryl methyl sites for hydroxylation is 2. The fourth-order valence-corrected chi connectivity index (χ4v) is 6.06. The van der Waals surface area contributed by atoms with Gasteiger partial charge in [-0.05, 0) is 43.9 Å². The molecule has 1 saturated heterocycles. The van der Waals surface area contributed by atoms with Crippen molar-refractivity contribution in [2.24, 2.45) is 0 Å². The first kappa shape index (κ1) is 26.3. The minimum Gasteiger partial charge on any atom is -0.302 e. The number of benzene rings is 2. The van der Waals surface area contributed by atoms with Crippen LogP contribution in [-0.2, 0) is 16.0 Å². The maximum absolute atomic E-state index is 12.8. The Morgan fingerprint density at radius 3 is 2.67 bits per heavy atom. The predicted octanol–water partition coefficient (Wildman–Crippen LogP) is 6.75. The van der Waals surface area contributed by atoms with Crippen molar-refractivity contribution in [2.75, 3.05) is 11.9 Å². The van der Waals surface area contributed by atoms with E-state index in [2.05, 4.69) is 41.5 Å². The third-order valence-corrected chi connectivity index (χ3v) is 8.09. The molecule has 0 atom stereocenters. The summed E-state index contributed by atoms with van der Waals surface area (Å²) in [6.07, 6.45) is 7.37. The zero-order chi connectivity index (χ0) is 25.5. The average molecular weight is 536 g/mol. The Bertz CT molecular complexity index is 1280. The number of anilines is 1. The van der Waals surface area contributed by atoms with Crippen molar-refractivity contribution in [1.82, 2.24) is 9.88 Å². The molecule has 5 nitrogen and oxygen atoms in total. The summed E-state index contributed by atoms with van der Waals surface area (Å²) in [6.45, 7) is 4.70. The maximum atomic E-state index is 12.8. The molecule has 0 aliphatic carbocycles. The van der Waals surface area contributed by atoms with E-state index in [4.69, 9.17) is 12.2 Å². The Morgan fingerprint density at radius 2 is 1.89 bits per heavy atom. The number of thioether (sulfide) groups is 1. The van der Waals surface area contributed by atoms with Gasteiger partial charge in [-0.2, -0.15) is 0 Å². The molecule has 1 aliphatic heterocycles. The second-order valence-corrected chi connectivity index (χ2v) is 11.7. The van der Waals surface area contributed by atoms with Gasteiger partial charge in [-0.25, -0.2) is 4.98 Å². The molecular weight excluding hydrogens is 507 g/mol. The number of nitrogens with zero attached hydrogens (tertiary/aromatic N) is 2. The van der Waals surface area contributed by atoms with Crippen LogP contribution in [0, 0.1) is 13.8 Å². The SMILES string of the molecule is Cc1ccc(C=C2SC(=S)N(CCCCCC(=O)Nc3ncc(Cc4cccc(C)c4)s3)C2=O)cc1. The van der Waals surface area contributed by atoms with Gasteiger partial charge in [0.25, 0.3) is 5.91 Å². The molecule has 3 aromatic rings. The van der Waals surface area contributed by atoms with Gasteiger partial charge in [-0.3, -0.25) is 14.5 Å². The average Bonchev–Trinajstić information content (AvgIpc) is 3.38. The summed E-state index contributed by atoms with van der Waals surface area (Å²) in [5, 5.41) is 3.55. The molecule has 8 heteroatoms. The fourth-order valence-electron chi connectivity index (χ4n) is 3.89. The lowest BCUT2D eigenvalue weighted by atomic mass is 10.1. The zero-order valence-electron chi connectivity index (χ0n) is 20.5. The van der Waals surface area contributed by atoms with E-state index in [9.17, 15) is 9.59 Å². The fraction of sp³-hybridized carbons (Fsp3) is 0.286. The molecule has 36 heavy (non-hydrogen) atoms. The molecule has 4 rings (SSSR count). The number of hydrogen-bond acceptors (Lipinski definition) is 6. The van der Waals surface area contributed by atoms with E-state index in [0.29, 0.717) is 27.3 Å². The maximum Gasteiger partial charge on any atom is 0.266 e. The lowest BCUT2D eigenvalue weighted by Gasteiger charge is -2.14. The number of thiocarbonyl (C=S) groups is 1. The van der Waals surface area contributed by atoms with Crippen LogP contribution in [0.2, 0.25) is 0 Å². The van der Waals surface area contributed by atoms with Gasteiger partial charge in [0.15, 0.2) is 5.13 Å². The number of carbonyl (C=O) groups excluding carboxylic acids is 2. The van der Waals surface area contributed by atoms with Gasteiger partial charge in [-0.15, -0.1) is 11.3 Å². The first-order valence-electron chi connectivity index (χ1n) is 12.0. The van der Waals surface area contributed by atoms with Crippen molar-refractivity contribution < 1.29 is 9.59 Å². The van der Waals surface area contributed by atoms with Crippen LogP contribution in [0.3, 0.4) is 0 Å². The van der Waals surface area contributed by atoms with Crippen LogP contribution in [0.15, 0.2) is 59.6 Å². The highest BCUT2D eigenvalue weighted by Crippen LogP contribution is 2.33. The van der Waals surface area contributed by atoms with E-state index in [1.165, 1.54) is 39.8 Å². The normalized spacial score (nSPS) is 14.6. The van der Waals surface area contributed by atoms with Crippen LogP contribution in [-0.4, -0.2) is 32.6 Å². The Hall–Kier alpha value is -2.81. The van der Waals surface area contributed by atoms with Gasteiger partial charge < -0.3 is 5.32 Å². The molecule has 0 saturated carbocycles. The van der Waals surface area contributed by atoms with E-state index >= 15 is 0 Å². The van der Waals surface area contributed by atoms with E-state index < -0.39 is 0 Å². The number of nitrogens with one attached hydrogen (secondary N) is 1. The van der Waals surface area contributed by atoms with Crippen molar-refractivity contribution in [1.29, 1.82) is 0 Å². The summed E-state index contributed by atoms with van der Waals surface area (Å²) in [6, 6.07) is 16.5. The Morgan fingerprint density at radius 1 is 1.08 bits per heavy atom. The van der Waals surface area contributed by atoms with Crippen LogP contribution < -0.4 is 5.32 Å². The summed E-state index contributed by atoms with van der Waals surface area (Å²) in [5.41, 5.74) is 4.65. The Kier molecular flexibility index (Phi) is 9.07. The van der Waals surface area contributed by atoms with Gasteiger partial charge in [-0.1, -0.05) is 90.1 Å². The number of unbranched alkanes of at least 4 members (excludes halogenated alkanes) is 2. The molecule has 2 amide bonds. The molecular formula is C28H29N3O2S3. The first-order chi connectivity index (χ1) is 17.4. The van der Waals surface area contributed by atoms with Crippen LogP contribution in [0.4, 0.5) is 5.13 Å². The minimum atomic E-state index is -0.0337. The Labute approximate surface area is 226 Å². The molecule has 2 heterocycles. The second kappa shape index (κ2) is 12.4. The lowest BCUT2D eigenvalue weighted by molar-refractivity contribution is -0.122. The number of amides is 2. The number of rotatable bonds is 10. The summed E-state index contributed by atoms with van der Waals surface area (Å²) in [5.74, 6) is -0.0633. The molecule has 0 bridgehead atoms. The third-order valence-electron chi connectivity index (χ3n) is 5.80. The Balaban J connectivity index is 1.17. The number of carbonyl (C=O) groups is 2. The quantitative estimate of drug-likeness (QED) is 0.177. The van der Waals surface area contributed by atoms with Gasteiger partial charge in [0.2, 0.25) is 5.91 Å². The highest BCUT2D eigenvalue weighted by atomic mass is 32.2. The van der Waals surface area contributed by atoms with E-state index in [0.717, 1.165) is 36.1 Å². The van der Waals surface area contributed by atoms with Gasteiger partial charge in [0.1, 0.15) is 4.32 Å². The van der Waals surface area contributed by atoms with Crippen molar-refractivity contribution in [3.63, 3.8) is 0 Å². The monoisotopic (exact) mass is 535 g/mol. The van der Waals surface area contributed by atoms with E-state index in [1.807, 2.05) is 43.5 Å². The van der Waals surface area contributed by atoms with Gasteiger partial charge >= 0.3 is 0 Å². The van der Waals surface area contributed by atoms with Crippen LogP contribution in [0.1, 0.15) is 52.8 Å². The lowest BCUT2D eigenvalue weighted by Crippen LogP contribution is -2.29. The summed E-state index contributed by atoms with van der Waals surface area (Å²) in [4.78, 5) is 32.9. The molecule has 0 spiro atoms. The third kappa shape index (κ3) is 7.35. The van der Waals surface area contributed by atoms with Crippen molar-refractivity contribution >= 4 is 62.7 Å². The van der Waals surface area contributed by atoms with Crippen LogP contribution in [0.5, 0.6) is 0 Å². The summed E-state index contributed by atoms with van der Waals surface area (Å²) >= 11 is 8.30.